The Labute approximate surface area is 123 Å². The zero-order valence-corrected chi connectivity index (χ0v) is 13.3. The van der Waals surface area contributed by atoms with Crippen molar-refractivity contribution in [1.82, 2.24) is 10.6 Å². The minimum atomic E-state index is 0. The smallest absolute Gasteiger partial charge is 0.220 e. The molecule has 4 heteroatoms. The van der Waals surface area contributed by atoms with E-state index in [4.69, 9.17) is 0 Å². The van der Waals surface area contributed by atoms with Crippen molar-refractivity contribution >= 4 is 18.3 Å². The average Bonchev–Trinajstić information content (AvgIpc) is 2.10. The normalized spacial score (nSPS) is 30.1. The van der Waals surface area contributed by atoms with Gasteiger partial charge in [0.1, 0.15) is 0 Å². The van der Waals surface area contributed by atoms with E-state index >= 15 is 0 Å². The van der Waals surface area contributed by atoms with Crippen molar-refractivity contribution in [3.8, 4) is 0 Å². The van der Waals surface area contributed by atoms with Crippen LogP contribution in [0.15, 0.2) is 0 Å². The fourth-order valence-electron chi connectivity index (χ4n) is 3.78. The number of carbonyl (C=O) groups is 1. The molecule has 1 heterocycles. The summed E-state index contributed by atoms with van der Waals surface area (Å²) >= 11 is 0. The molecule has 0 bridgehead atoms. The first-order chi connectivity index (χ1) is 8.44. The Morgan fingerprint density at radius 2 is 1.95 bits per heavy atom. The highest BCUT2D eigenvalue weighted by molar-refractivity contribution is 5.85. The zero-order chi connectivity index (χ0) is 13.2. The second kappa shape index (κ2) is 6.94. The summed E-state index contributed by atoms with van der Waals surface area (Å²) in [5, 5.41) is 6.33. The minimum Gasteiger partial charge on any atom is -0.356 e. The van der Waals surface area contributed by atoms with Crippen molar-refractivity contribution in [2.75, 3.05) is 19.6 Å². The second-order valence-electron chi connectivity index (χ2n) is 7.31. The molecule has 1 aliphatic heterocycles. The molecule has 2 rings (SSSR count). The largest absolute Gasteiger partial charge is 0.356 e. The molecule has 0 aromatic carbocycles. The van der Waals surface area contributed by atoms with Crippen LogP contribution >= 0.6 is 12.4 Å². The summed E-state index contributed by atoms with van der Waals surface area (Å²) < 4.78 is 0. The van der Waals surface area contributed by atoms with Gasteiger partial charge in [-0.2, -0.15) is 0 Å². The maximum atomic E-state index is 11.9. The van der Waals surface area contributed by atoms with E-state index < -0.39 is 0 Å². The highest BCUT2D eigenvalue weighted by Crippen LogP contribution is 2.42. The van der Waals surface area contributed by atoms with Crippen LogP contribution in [0.4, 0.5) is 0 Å². The topological polar surface area (TPSA) is 41.1 Å². The average molecular weight is 289 g/mol. The maximum Gasteiger partial charge on any atom is 0.220 e. The summed E-state index contributed by atoms with van der Waals surface area (Å²) in [6, 6.07) is 0. The first kappa shape index (κ1) is 16.8. The van der Waals surface area contributed by atoms with Crippen LogP contribution in [0, 0.1) is 23.2 Å². The monoisotopic (exact) mass is 288 g/mol. The van der Waals surface area contributed by atoms with Gasteiger partial charge in [0.2, 0.25) is 5.91 Å². The molecule has 2 unspecified atom stereocenters. The van der Waals surface area contributed by atoms with Crippen LogP contribution in [-0.4, -0.2) is 25.5 Å². The molecule has 2 N–H and O–H groups in total. The lowest BCUT2D eigenvalue weighted by molar-refractivity contribution is -0.122. The van der Waals surface area contributed by atoms with Crippen molar-refractivity contribution < 1.29 is 4.79 Å². The molecule has 1 aliphatic carbocycles. The summed E-state index contributed by atoms with van der Waals surface area (Å²) in [6.45, 7) is 9.99. The van der Waals surface area contributed by atoms with Gasteiger partial charge >= 0.3 is 0 Å². The van der Waals surface area contributed by atoms with E-state index in [1.165, 1.54) is 19.3 Å². The fraction of sp³-hybridized carbons (Fsp3) is 0.933. The molecule has 0 aromatic rings. The van der Waals surface area contributed by atoms with Gasteiger partial charge in [-0.1, -0.05) is 20.8 Å². The molecule has 1 amide bonds. The lowest BCUT2D eigenvalue weighted by Crippen LogP contribution is -2.48. The minimum absolute atomic E-state index is 0. The Balaban J connectivity index is 0.00000180. The number of carbonyl (C=O) groups excluding carboxylic acids is 1. The molecule has 2 aliphatic rings. The van der Waals surface area contributed by atoms with Crippen molar-refractivity contribution in [2.24, 2.45) is 23.2 Å². The first-order valence-electron chi connectivity index (χ1n) is 7.42. The molecule has 2 atom stereocenters. The standard InChI is InChI=1S/C15H28N2O.ClH/c1-11-4-12(7-15(2,3)6-11)5-14(18)17-10-13-8-16-9-13;/h11-13,16H,4-10H2,1-3H3,(H,17,18);1H. The summed E-state index contributed by atoms with van der Waals surface area (Å²) in [6.07, 6.45) is 4.46. The Kier molecular flexibility index (Phi) is 6.13. The SMILES string of the molecule is CC1CC(CC(=O)NCC2CNC2)CC(C)(C)C1.Cl. The number of nitrogens with one attached hydrogen (secondary N) is 2. The van der Waals surface area contributed by atoms with Gasteiger partial charge in [-0.3, -0.25) is 4.79 Å². The van der Waals surface area contributed by atoms with Gasteiger partial charge in [-0.25, -0.2) is 0 Å². The van der Waals surface area contributed by atoms with E-state index in [1.807, 2.05) is 0 Å². The Morgan fingerprint density at radius 1 is 1.26 bits per heavy atom. The maximum absolute atomic E-state index is 11.9. The van der Waals surface area contributed by atoms with E-state index in [0.717, 1.165) is 32.0 Å². The van der Waals surface area contributed by atoms with Crippen LogP contribution < -0.4 is 10.6 Å². The lowest BCUT2D eigenvalue weighted by Gasteiger charge is -2.39. The third-order valence-electron chi connectivity index (χ3n) is 4.41. The van der Waals surface area contributed by atoms with E-state index in [9.17, 15) is 4.79 Å². The second-order valence-corrected chi connectivity index (χ2v) is 7.31. The summed E-state index contributed by atoms with van der Waals surface area (Å²) in [5.41, 5.74) is 0.417. The fourth-order valence-corrected chi connectivity index (χ4v) is 3.78. The molecule has 0 spiro atoms. The van der Waals surface area contributed by atoms with Gasteiger partial charge < -0.3 is 10.6 Å². The van der Waals surface area contributed by atoms with Crippen molar-refractivity contribution in [3.63, 3.8) is 0 Å². The summed E-state index contributed by atoms with van der Waals surface area (Å²) in [7, 11) is 0. The number of rotatable bonds is 4. The molecule has 1 saturated carbocycles. The van der Waals surface area contributed by atoms with Crippen molar-refractivity contribution in [3.05, 3.63) is 0 Å². The van der Waals surface area contributed by atoms with E-state index in [1.54, 1.807) is 0 Å². The van der Waals surface area contributed by atoms with Crippen molar-refractivity contribution in [2.45, 2.75) is 46.5 Å². The third-order valence-corrected chi connectivity index (χ3v) is 4.41. The predicted molar refractivity (Wildman–Crippen MR) is 81.5 cm³/mol. The van der Waals surface area contributed by atoms with E-state index in [0.29, 0.717) is 17.3 Å². The molecule has 112 valence electrons. The molecule has 3 nitrogen and oxygen atoms in total. The number of halogens is 1. The lowest BCUT2D eigenvalue weighted by atomic mass is 9.67. The van der Waals surface area contributed by atoms with Crippen LogP contribution in [-0.2, 0) is 4.79 Å². The Hall–Kier alpha value is -0.280. The van der Waals surface area contributed by atoms with Gasteiger partial charge in [0.05, 0.1) is 0 Å². The van der Waals surface area contributed by atoms with Crippen LogP contribution in [0.25, 0.3) is 0 Å². The van der Waals surface area contributed by atoms with Crippen LogP contribution in [0.5, 0.6) is 0 Å². The quantitative estimate of drug-likeness (QED) is 0.835. The van der Waals surface area contributed by atoms with Gasteiger partial charge in [0.25, 0.3) is 0 Å². The molecule has 0 radical (unpaired) electrons. The van der Waals surface area contributed by atoms with Gasteiger partial charge in [0, 0.05) is 32.0 Å². The molecule has 0 aromatic heterocycles. The van der Waals surface area contributed by atoms with Gasteiger partial charge in [0.15, 0.2) is 0 Å². The Bertz CT molecular complexity index is 303. The highest BCUT2D eigenvalue weighted by Gasteiger charge is 2.32. The van der Waals surface area contributed by atoms with Gasteiger partial charge in [-0.15, -0.1) is 12.4 Å². The van der Waals surface area contributed by atoms with Gasteiger partial charge in [-0.05, 0) is 36.5 Å². The predicted octanol–water partition coefficient (Wildman–Crippen LogP) is 2.60. The van der Waals surface area contributed by atoms with Crippen LogP contribution in [0.1, 0.15) is 46.5 Å². The highest BCUT2D eigenvalue weighted by atomic mass is 35.5. The van der Waals surface area contributed by atoms with E-state index in [-0.39, 0.29) is 18.3 Å². The molecule has 19 heavy (non-hydrogen) atoms. The zero-order valence-electron chi connectivity index (χ0n) is 12.5. The molecule has 1 saturated heterocycles. The first-order valence-corrected chi connectivity index (χ1v) is 7.42. The van der Waals surface area contributed by atoms with E-state index in [2.05, 4.69) is 31.4 Å². The number of amides is 1. The third kappa shape index (κ3) is 5.31. The molecular formula is C15H29ClN2O. The Morgan fingerprint density at radius 3 is 2.47 bits per heavy atom. The number of hydrogen-bond donors (Lipinski definition) is 2. The summed E-state index contributed by atoms with van der Waals surface area (Å²) in [5.74, 6) is 2.28. The molecular weight excluding hydrogens is 260 g/mol. The summed E-state index contributed by atoms with van der Waals surface area (Å²) in [4.78, 5) is 11.9. The number of hydrogen-bond acceptors (Lipinski definition) is 2. The molecule has 2 fully saturated rings. The van der Waals surface area contributed by atoms with Crippen LogP contribution in [0.2, 0.25) is 0 Å². The van der Waals surface area contributed by atoms with Crippen molar-refractivity contribution in [1.29, 1.82) is 0 Å². The van der Waals surface area contributed by atoms with Crippen LogP contribution in [0.3, 0.4) is 0 Å².